The molecule has 0 aliphatic carbocycles. The van der Waals surface area contributed by atoms with Crippen LogP contribution in [-0.2, 0) is 0 Å². The maximum absolute atomic E-state index is 11.4. The minimum absolute atomic E-state index is 0.162. The van der Waals surface area contributed by atoms with Crippen molar-refractivity contribution in [2.24, 2.45) is 0 Å². The van der Waals surface area contributed by atoms with Crippen molar-refractivity contribution in [2.45, 2.75) is 25.4 Å². The normalized spacial score (nSPS) is 12.8. The monoisotopic (exact) mass is 151 g/mol. The van der Waals surface area contributed by atoms with Gasteiger partial charge in [0.15, 0.2) is 0 Å². The Labute approximate surface area is 58.7 Å². The van der Waals surface area contributed by atoms with Crippen LogP contribution in [-0.4, -0.2) is 6.18 Å². The third-order valence-electron chi connectivity index (χ3n) is 0.998. The molecule has 0 aromatic rings. The largest absolute Gasteiger partial charge is 0.389 e. The van der Waals surface area contributed by atoms with E-state index in [1.165, 1.54) is 6.08 Å². The minimum atomic E-state index is -4.00. The van der Waals surface area contributed by atoms with E-state index in [-0.39, 0.29) is 6.42 Å². The second-order valence-corrected chi connectivity index (χ2v) is 1.98. The van der Waals surface area contributed by atoms with Crippen LogP contribution in [0.5, 0.6) is 0 Å². The second kappa shape index (κ2) is 4.36. The molecule has 0 unspecified atom stereocenters. The van der Waals surface area contributed by atoms with Gasteiger partial charge in [-0.05, 0) is 19.8 Å². The summed E-state index contributed by atoms with van der Waals surface area (Å²) in [4.78, 5) is 0. The number of rotatable bonds is 3. The van der Waals surface area contributed by atoms with Crippen LogP contribution in [0.2, 0.25) is 0 Å². The number of unbranched alkanes of at least 4 members (excludes halogenated alkanes) is 1. The highest BCUT2D eigenvalue weighted by atomic mass is 19.4. The van der Waals surface area contributed by atoms with Gasteiger partial charge in [0, 0.05) is 6.42 Å². The second-order valence-electron chi connectivity index (χ2n) is 1.98. The molecule has 0 aliphatic rings. The maximum Gasteiger partial charge on any atom is 0.389 e. The molecule has 0 nitrogen and oxygen atoms in total. The van der Waals surface area contributed by atoms with Gasteiger partial charge in [-0.3, -0.25) is 0 Å². The summed E-state index contributed by atoms with van der Waals surface area (Å²) in [6, 6.07) is 0. The molecule has 10 heavy (non-hydrogen) atoms. The van der Waals surface area contributed by atoms with Gasteiger partial charge in [-0.25, -0.2) is 0 Å². The first-order chi connectivity index (χ1) is 4.56. The van der Waals surface area contributed by atoms with E-state index in [1.54, 1.807) is 6.08 Å². The molecular formula is C7H10F3. The van der Waals surface area contributed by atoms with Gasteiger partial charge in [-0.2, -0.15) is 13.2 Å². The van der Waals surface area contributed by atoms with Crippen molar-refractivity contribution >= 4 is 0 Å². The Kier molecular flexibility index (Phi) is 4.16. The summed E-state index contributed by atoms with van der Waals surface area (Å²) in [5, 5.41) is 0. The quantitative estimate of drug-likeness (QED) is 0.543. The van der Waals surface area contributed by atoms with Crippen LogP contribution in [0.1, 0.15) is 19.3 Å². The van der Waals surface area contributed by atoms with Crippen LogP contribution in [0.3, 0.4) is 0 Å². The Balaban J connectivity index is 3.20. The lowest BCUT2D eigenvalue weighted by molar-refractivity contribution is -0.135. The summed E-state index contributed by atoms with van der Waals surface area (Å²) in [6.07, 6.45) is -0.938. The predicted molar refractivity (Wildman–Crippen MR) is 34.4 cm³/mol. The molecular weight excluding hydrogens is 141 g/mol. The first-order valence-electron chi connectivity index (χ1n) is 3.07. The molecule has 0 aromatic carbocycles. The summed E-state index contributed by atoms with van der Waals surface area (Å²) in [6.45, 7) is 3.36. The van der Waals surface area contributed by atoms with Crippen LogP contribution in [0.4, 0.5) is 13.2 Å². The van der Waals surface area contributed by atoms with Crippen LogP contribution >= 0.6 is 0 Å². The average molecular weight is 151 g/mol. The molecule has 0 amide bonds. The van der Waals surface area contributed by atoms with Crippen molar-refractivity contribution in [3.8, 4) is 0 Å². The fourth-order valence-electron chi connectivity index (χ4n) is 0.538. The SMILES string of the molecule is [CH2]/C=C/CCCC(F)(F)F. The van der Waals surface area contributed by atoms with Crippen LogP contribution in [0.25, 0.3) is 0 Å². The van der Waals surface area contributed by atoms with Crippen molar-refractivity contribution in [3.05, 3.63) is 19.1 Å². The lowest BCUT2D eigenvalue weighted by Crippen LogP contribution is -2.05. The maximum atomic E-state index is 11.4. The molecule has 3 heteroatoms. The molecule has 0 N–H and O–H groups in total. The van der Waals surface area contributed by atoms with Crippen molar-refractivity contribution in [1.29, 1.82) is 0 Å². The molecule has 59 valence electrons. The predicted octanol–water partition coefficient (Wildman–Crippen LogP) is 3.11. The standard InChI is InChI=1S/C7H10F3/c1-2-3-4-5-6-7(8,9)10/h2-3H,1,4-6H2/b3-2+. The summed E-state index contributed by atoms with van der Waals surface area (Å²) < 4.78 is 34.3. The summed E-state index contributed by atoms with van der Waals surface area (Å²) in [7, 11) is 0. The van der Waals surface area contributed by atoms with E-state index in [4.69, 9.17) is 0 Å². The molecule has 0 aliphatic heterocycles. The molecule has 0 fully saturated rings. The van der Waals surface area contributed by atoms with Crippen LogP contribution in [0, 0.1) is 6.92 Å². The van der Waals surface area contributed by atoms with E-state index in [0.29, 0.717) is 6.42 Å². The molecule has 0 heterocycles. The Morgan fingerprint density at radius 1 is 1.30 bits per heavy atom. The highest BCUT2D eigenvalue weighted by Crippen LogP contribution is 2.22. The van der Waals surface area contributed by atoms with Gasteiger partial charge < -0.3 is 0 Å². The van der Waals surface area contributed by atoms with E-state index in [1.807, 2.05) is 0 Å². The summed E-state index contributed by atoms with van der Waals surface area (Å²) >= 11 is 0. The number of hydrogen-bond donors (Lipinski definition) is 0. The van der Waals surface area contributed by atoms with E-state index >= 15 is 0 Å². The van der Waals surface area contributed by atoms with E-state index in [9.17, 15) is 13.2 Å². The van der Waals surface area contributed by atoms with E-state index in [0.717, 1.165) is 0 Å². The fourth-order valence-corrected chi connectivity index (χ4v) is 0.538. The Bertz CT molecular complexity index is 102. The molecule has 0 saturated heterocycles. The van der Waals surface area contributed by atoms with Crippen molar-refractivity contribution in [2.75, 3.05) is 0 Å². The number of allylic oxidation sites excluding steroid dienone is 2. The van der Waals surface area contributed by atoms with Crippen molar-refractivity contribution in [1.82, 2.24) is 0 Å². The van der Waals surface area contributed by atoms with Crippen molar-refractivity contribution in [3.63, 3.8) is 0 Å². The number of halogens is 3. The first-order valence-corrected chi connectivity index (χ1v) is 3.07. The Morgan fingerprint density at radius 2 is 1.90 bits per heavy atom. The summed E-state index contributed by atoms with van der Waals surface area (Å²) in [5.41, 5.74) is 0. The first kappa shape index (κ1) is 9.53. The van der Waals surface area contributed by atoms with E-state index < -0.39 is 12.6 Å². The van der Waals surface area contributed by atoms with Crippen LogP contribution < -0.4 is 0 Å². The molecule has 0 bridgehead atoms. The smallest absolute Gasteiger partial charge is 0.171 e. The Hall–Kier alpha value is -0.470. The van der Waals surface area contributed by atoms with Crippen LogP contribution in [0.15, 0.2) is 12.2 Å². The van der Waals surface area contributed by atoms with Gasteiger partial charge in [0.1, 0.15) is 0 Å². The molecule has 1 radical (unpaired) electrons. The topological polar surface area (TPSA) is 0 Å². The lowest BCUT2D eigenvalue weighted by Gasteiger charge is -2.02. The van der Waals surface area contributed by atoms with E-state index in [2.05, 4.69) is 6.92 Å². The highest BCUT2D eigenvalue weighted by molar-refractivity contribution is 4.83. The third kappa shape index (κ3) is 7.53. The van der Waals surface area contributed by atoms with Gasteiger partial charge in [0.2, 0.25) is 0 Å². The Morgan fingerprint density at radius 3 is 2.30 bits per heavy atom. The third-order valence-corrected chi connectivity index (χ3v) is 0.998. The van der Waals surface area contributed by atoms with Gasteiger partial charge in [0.05, 0.1) is 0 Å². The zero-order chi connectivity index (χ0) is 8.04. The van der Waals surface area contributed by atoms with Gasteiger partial charge >= 0.3 is 6.18 Å². The lowest BCUT2D eigenvalue weighted by atomic mass is 10.2. The molecule has 0 saturated carbocycles. The fraction of sp³-hybridized carbons (Fsp3) is 0.571. The zero-order valence-corrected chi connectivity index (χ0v) is 5.62. The number of alkyl halides is 3. The average Bonchev–Trinajstić information content (AvgIpc) is 1.78. The van der Waals surface area contributed by atoms with Gasteiger partial charge in [-0.1, -0.05) is 12.2 Å². The molecule has 0 aromatic heterocycles. The van der Waals surface area contributed by atoms with Gasteiger partial charge in [-0.15, -0.1) is 0 Å². The number of hydrogen-bond acceptors (Lipinski definition) is 0. The molecule has 0 atom stereocenters. The molecule has 0 spiro atoms. The summed E-state index contributed by atoms with van der Waals surface area (Å²) in [5.74, 6) is 0. The van der Waals surface area contributed by atoms with Gasteiger partial charge in [0.25, 0.3) is 0 Å². The zero-order valence-electron chi connectivity index (χ0n) is 5.62. The highest BCUT2D eigenvalue weighted by Gasteiger charge is 2.25. The minimum Gasteiger partial charge on any atom is -0.171 e. The van der Waals surface area contributed by atoms with Crippen molar-refractivity contribution < 1.29 is 13.2 Å². The molecule has 0 rings (SSSR count).